The van der Waals surface area contributed by atoms with Crippen LogP contribution in [0.25, 0.3) is 5.69 Å². The van der Waals surface area contributed by atoms with Crippen LogP contribution in [0.5, 0.6) is 0 Å². The molecular weight excluding hydrogens is 327 g/mol. The number of halogens is 3. The van der Waals surface area contributed by atoms with Gasteiger partial charge in [-0.05, 0) is 50.2 Å². The summed E-state index contributed by atoms with van der Waals surface area (Å²) in [7, 11) is 0. The summed E-state index contributed by atoms with van der Waals surface area (Å²) in [6, 6.07) is 9.43. The van der Waals surface area contributed by atoms with Crippen LogP contribution < -0.4 is 5.32 Å². The summed E-state index contributed by atoms with van der Waals surface area (Å²) in [6.45, 7) is 3.99. The lowest BCUT2D eigenvalue weighted by atomic mass is 10.1. The SMILES string of the molecule is Cc1c([C@@H](C)NCc2cc(F)ccc2F)cnn1-c1cccc(F)c1. The molecule has 0 bridgehead atoms. The minimum Gasteiger partial charge on any atom is -0.306 e. The summed E-state index contributed by atoms with van der Waals surface area (Å²) in [6.07, 6.45) is 1.69. The number of nitrogens with one attached hydrogen (secondary N) is 1. The minimum atomic E-state index is -0.471. The van der Waals surface area contributed by atoms with Crippen molar-refractivity contribution in [2.24, 2.45) is 0 Å². The molecule has 25 heavy (non-hydrogen) atoms. The maximum absolute atomic E-state index is 13.7. The first-order valence-electron chi connectivity index (χ1n) is 7.93. The van der Waals surface area contributed by atoms with E-state index in [1.165, 1.54) is 18.2 Å². The van der Waals surface area contributed by atoms with Gasteiger partial charge in [0.2, 0.25) is 0 Å². The highest BCUT2D eigenvalue weighted by atomic mass is 19.1. The normalized spacial score (nSPS) is 12.4. The van der Waals surface area contributed by atoms with Crippen LogP contribution in [0.15, 0.2) is 48.7 Å². The van der Waals surface area contributed by atoms with Crippen molar-refractivity contribution < 1.29 is 13.2 Å². The third-order valence-electron chi connectivity index (χ3n) is 4.17. The second kappa shape index (κ2) is 7.11. The molecule has 0 aliphatic carbocycles. The van der Waals surface area contributed by atoms with Gasteiger partial charge in [0.1, 0.15) is 17.5 Å². The Hall–Kier alpha value is -2.60. The largest absolute Gasteiger partial charge is 0.306 e. The Kier molecular flexibility index (Phi) is 4.90. The predicted molar refractivity (Wildman–Crippen MR) is 89.9 cm³/mol. The number of hydrogen-bond donors (Lipinski definition) is 1. The summed E-state index contributed by atoms with van der Waals surface area (Å²) in [5, 5.41) is 7.48. The second-order valence-electron chi connectivity index (χ2n) is 5.92. The molecule has 1 aromatic heterocycles. The molecule has 3 rings (SSSR count). The van der Waals surface area contributed by atoms with E-state index >= 15 is 0 Å². The lowest BCUT2D eigenvalue weighted by Gasteiger charge is -2.14. The highest BCUT2D eigenvalue weighted by Crippen LogP contribution is 2.21. The molecule has 0 fully saturated rings. The zero-order valence-electron chi connectivity index (χ0n) is 13.9. The monoisotopic (exact) mass is 345 g/mol. The van der Waals surface area contributed by atoms with E-state index in [4.69, 9.17) is 0 Å². The minimum absolute atomic E-state index is 0.134. The summed E-state index contributed by atoms with van der Waals surface area (Å²) < 4.78 is 42.0. The fourth-order valence-electron chi connectivity index (χ4n) is 2.77. The van der Waals surface area contributed by atoms with Gasteiger partial charge in [-0.1, -0.05) is 6.07 Å². The zero-order chi connectivity index (χ0) is 18.0. The van der Waals surface area contributed by atoms with Gasteiger partial charge in [-0.2, -0.15) is 5.10 Å². The summed E-state index contributed by atoms with van der Waals surface area (Å²) in [5.74, 6) is -1.25. The van der Waals surface area contributed by atoms with Gasteiger partial charge in [0.15, 0.2) is 0 Å². The third kappa shape index (κ3) is 3.74. The van der Waals surface area contributed by atoms with Crippen molar-refractivity contribution in [1.82, 2.24) is 15.1 Å². The van der Waals surface area contributed by atoms with E-state index in [9.17, 15) is 13.2 Å². The fraction of sp³-hybridized carbons (Fsp3) is 0.211. The molecule has 0 aliphatic rings. The molecule has 1 atom stereocenters. The van der Waals surface area contributed by atoms with Gasteiger partial charge in [-0.15, -0.1) is 0 Å². The summed E-state index contributed by atoms with van der Waals surface area (Å²) >= 11 is 0. The first-order valence-corrected chi connectivity index (χ1v) is 7.93. The van der Waals surface area contributed by atoms with E-state index in [0.717, 1.165) is 23.4 Å². The Morgan fingerprint density at radius 1 is 1.08 bits per heavy atom. The van der Waals surface area contributed by atoms with Crippen molar-refractivity contribution >= 4 is 0 Å². The van der Waals surface area contributed by atoms with Crippen molar-refractivity contribution in [3.8, 4) is 5.69 Å². The Labute approximate surface area is 144 Å². The van der Waals surface area contributed by atoms with Gasteiger partial charge in [0.25, 0.3) is 0 Å². The van der Waals surface area contributed by atoms with E-state index in [2.05, 4.69) is 10.4 Å². The van der Waals surface area contributed by atoms with Gasteiger partial charge >= 0.3 is 0 Å². The molecule has 130 valence electrons. The topological polar surface area (TPSA) is 29.9 Å². The second-order valence-corrected chi connectivity index (χ2v) is 5.92. The standard InChI is InChI=1S/C19H18F3N3/c1-12(23-10-14-8-16(21)6-7-19(14)22)18-11-24-25(13(18)2)17-5-3-4-15(20)9-17/h3-9,11-12,23H,10H2,1-2H3/t12-/m1/s1. The first kappa shape index (κ1) is 17.2. The fourth-order valence-corrected chi connectivity index (χ4v) is 2.77. The van der Waals surface area contributed by atoms with Crippen LogP contribution in [-0.4, -0.2) is 9.78 Å². The number of rotatable bonds is 5. The average molecular weight is 345 g/mol. The van der Waals surface area contributed by atoms with E-state index in [1.807, 2.05) is 13.8 Å². The molecule has 3 nitrogen and oxygen atoms in total. The quantitative estimate of drug-likeness (QED) is 0.740. The molecule has 0 saturated heterocycles. The van der Waals surface area contributed by atoms with Gasteiger partial charge < -0.3 is 5.32 Å². The predicted octanol–water partition coefficient (Wildman–Crippen LogP) is 4.45. The first-order chi connectivity index (χ1) is 12.0. The smallest absolute Gasteiger partial charge is 0.127 e. The van der Waals surface area contributed by atoms with Crippen LogP contribution in [0.2, 0.25) is 0 Å². The number of benzene rings is 2. The molecule has 0 saturated carbocycles. The number of hydrogen-bond acceptors (Lipinski definition) is 2. The molecule has 0 amide bonds. The van der Waals surface area contributed by atoms with Gasteiger partial charge in [0.05, 0.1) is 11.9 Å². The molecule has 1 heterocycles. The molecular formula is C19H18F3N3. The zero-order valence-corrected chi connectivity index (χ0v) is 13.9. The number of aromatic nitrogens is 2. The third-order valence-corrected chi connectivity index (χ3v) is 4.17. The Balaban J connectivity index is 1.77. The molecule has 3 aromatic rings. The lowest BCUT2D eigenvalue weighted by molar-refractivity contribution is 0.534. The molecule has 0 unspecified atom stereocenters. The number of nitrogens with zero attached hydrogens (tertiary/aromatic N) is 2. The maximum Gasteiger partial charge on any atom is 0.127 e. The lowest BCUT2D eigenvalue weighted by Crippen LogP contribution is -2.19. The van der Waals surface area contributed by atoms with E-state index < -0.39 is 11.6 Å². The van der Waals surface area contributed by atoms with Crippen molar-refractivity contribution in [3.05, 3.63) is 82.9 Å². The highest BCUT2D eigenvalue weighted by molar-refractivity contribution is 5.36. The van der Waals surface area contributed by atoms with Gasteiger partial charge in [0, 0.05) is 29.4 Å². The van der Waals surface area contributed by atoms with E-state index in [-0.39, 0.29) is 24.0 Å². The van der Waals surface area contributed by atoms with Crippen LogP contribution in [0.1, 0.15) is 29.8 Å². The maximum atomic E-state index is 13.7. The Morgan fingerprint density at radius 3 is 2.60 bits per heavy atom. The highest BCUT2D eigenvalue weighted by Gasteiger charge is 2.15. The average Bonchev–Trinajstić information content (AvgIpc) is 2.97. The van der Waals surface area contributed by atoms with Crippen LogP contribution in [-0.2, 0) is 6.54 Å². The van der Waals surface area contributed by atoms with Gasteiger partial charge in [-0.25, -0.2) is 17.9 Å². The molecule has 2 aromatic carbocycles. The van der Waals surface area contributed by atoms with Crippen molar-refractivity contribution in [2.45, 2.75) is 26.4 Å². The molecule has 0 spiro atoms. The Bertz CT molecular complexity index is 889. The summed E-state index contributed by atoms with van der Waals surface area (Å²) in [4.78, 5) is 0. The summed E-state index contributed by atoms with van der Waals surface area (Å²) in [5.41, 5.74) is 2.65. The van der Waals surface area contributed by atoms with Crippen molar-refractivity contribution in [3.63, 3.8) is 0 Å². The van der Waals surface area contributed by atoms with E-state index in [0.29, 0.717) is 5.69 Å². The van der Waals surface area contributed by atoms with Crippen LogP contribution in [0.4, 0.5) is 13.2 Å². The van der Waals surface area contributed by atoms with Crippen molar-refractivity contribution in [2.75, 3.05) is 0 Å². The Morgan fingerprint density at radius 2 is 1.84 bits per heavy atom. The molecule has 1 N–H and O–H groups in total. The van der Waals surface area contributed by atoms with E-state index in [1.54, 1.807) is 23.0 Å². The van der Waals surface area contributed by atoms with Crippen LogP contribution in [0, 0.1) is 24.4 Å². The van der Waals surface area contributed by atoms with Crippen LogP contribution >= 0.6 is 0 Å². The molecule has 6 heteroatoms. The molecule has 0 radical (unpaired) electrons. The van der Waals surface area contributed by atoms with Crippen LogP contribution in [0.3, 0.4) is 0 Å². The van der Waals surface area contributed by atoms with Crippen molar-refractivity contribution in [1.29, 1.82) is 0 Å². The molecule has 0 aliphatic heterocycles. The van der Waals surface area contributed by atoms with Gasteiger partial charge in [-0.3, -0.25) is 0 Å².